The Kier molecular flexibility index (Phi) is 4.97. The van der Waals surface area contributed by atoms with Crippen LogP contribution in [0.5, 0.6) is 0 Å². The van der Waals surface area contributed by atoms with Crippen LogP contribution in [0.25, 0.3) is 0 Å². The van der Waals surface area contributed by atoms with Crippen molar-refractivity contribution < 1.29 is 14.4 Å². The fourth-order valence-electron chi connectivity index (χ4n) is 3.92. The first kappa shape index (κ1) is 17.8. The Morgan fingerprint density at radius 3 is 2.44 bits per heavy atom. The maximum absolute atomic E-state index is 12.7. The van der Waals surface area contributed by atoms with E-state index in [2.05, 4.69) is 10.6 Å². The van der Waals surface area contributed by atoms with Crippen molar-refractivity contribution in [3.63, 3.8) is 0 Å². The van der Waals surface area contributed by atoms with E-state index in [9.17, 15) is 14.4 Å². The molecule has 1 saturated carbocycles. The zero-order valence-corrected chi connectivity index (χ0v) is 15.3. The topological polar surface area (TPSA) is 78.5 Å². The summed E-state index contributed by atoms with van der Waals surface area (Å²) in [5.41, 5.74) is 2.09. The third-order valence-electron chi connectivity index (χ3n) is 5.63. The number of carbonyl (C=O) groups excluding carboxylic acids is 3. The lowest BCUT2D eigenvalue weighted by Gasteiger charge is -2.27. The lowest BCUT2D eigenvalue weighted by molar-refractivity contribution is -0.135. The van der Waals surface area contributed by atoms with Gasteiger partial charge >= 0.3 is 0 Å². The number of anilines is 1. The van der Waals surface area contributed by atoms with Crippen molar-refractivity contribution in [2.45, 2.75) is 38.1 Å². The molecule has 1 aliphatic heterocycles. The highest BCUT2D eigenvalue weighted by molar-refractivity contribution is 5.99. The molecule has 142 valence electrons. The maximum atomic E-state index is 12.7. The molecule has 1 heterocycles. The Labute approximate surface area is 159 Å². The largest absolute Gasteiger partial charge is 0.353 e. The summed E-state index contributed by atoms with van der Waals surface area (Å²) in [6, 6.07) is 8.13. The zero-order chi connectivity index (χ0) is 18.8. The molecule has 0 bridgehead atoms. The average Bonchev–Trinajstić information content (AvgIpc) is 3.40. The van der Waals surface area contributed by atoms with Gasteiger partial charge < -0.3 is 15.5 Å². The normalized spacial score (nSPS) is 23.6. The van der Waals surface area contributed by atoms with Crippen LogP contribution in [0.3, 0.4) is 0 Å². The van der Waals surface area contributed by atoms with Crippen LogP contribution in [-0.4, -0.2) is 36.9 Å². The maximum Gasteiger partial charge on any atom is 0.246 e. The number of carbonyl (C=O) groups is 3. The summed E-state index contributed by atoms with van der Waals surface area (Å²) >= 11 is 0. The summed E-state index contributed by atoms with van der Waals surface area (Å²) in [4.78, 5) is 39.4. The van der Waals surface area contributed by atoms with Crippen molar-refractivity contribution in [3.05, 3.63) is 42.0 Å². The van der Waals surface area contributed by atoms with Gasteiger partial charge in [-0.05, 0) is 43.7 Å². The van der Waals surface area contributed by atoms with Crippen molar-refractivity contribution >= 4 is 23.4 Å². The first-order valence-electron chi connectivity index (χ1n) is 9.75. The number of rotatable bonds is 5. The van der Waals surface area contributed by atoms with Crippen LogP contribution in [0.15, 0.2) is 36.4 Å². The van der Waals surface area contributed by atoms with Gasteiger partial charge in [-0.25, -0.2) is 0 Å². The number of allylic oxidation sites excluding steroid dienone is 2. The molecule has 0 radical (unpaired) electrons. The molecule has 27 heavy (non-hydrogen) atoms. The molecule has 0 aromatic heterocycles. The minimum Gasteiger partial charge on any atom is -0.353 e. The van der Waals surface area contributed by atoms with E-state index in [-0.39, 0.29) is 36.2 Å². The minimum absolute atomic E-state index is 0.0374. The highest BCUT2D eigenvalue weighted by atomic mass is 16.2. The minimum atomic E-state index is -0.410. The summed E-state index contributed by atoms with van der Waals surface area (Å²) in [6.45, 7) is 0.608. The number of amides is 3. The smallest absolute Gasteiger partial charge is 0.246 e. The molecule has 1 aromatic carbocycles. The molecular weight excluding hydrogens is 342 g/mol. The van der Waals surface area contributed by atoms with Crippen LogP contribution in [0.2, 0.25) is 0 Å². The molecule has 6 heteroatoms. The van der Waals surface area contributed by atoms with Crippen LogP contribution in [0.4, 0.5) is 5.69 Å². The molecular formula is C21H25N3O3. The molecule has 1 aromatic rings. The summed E-state index contributed by atoms with van der Waals surface area (Å²) in [5, 5.41) is 5.77. The number of nitrogens with zero attached hydrogens (tertiary/aromatic N) is 1. The van der Waals surface area contributed by atoms with Gasteiger partial charge in [-0.3, -0.25) is 14.4 Å². The van der Waals surface area contributed by atoms with Gasteiger partial charge in [-0.1, -0.05) is 30.4 Å². The van der Waals surface area contributed by atoms with Gasteiger partial charge in [-0.15, -0.1) is 0 Å². The summed E-state index contributed by atoms with van der Waals surface area (Å²) in [6.07, 6.45) is 7.91. The van der Waals surface area contributed by atoms with Crippen LogP contribution < -0.4 is 15.5 Å². The highest BCUT2D eigenvalue weighted by Crippen LogP contribution is 2.29. The number of hydrogen-bond acceptors (Lipinski definition) is 3. The molecule has 3 aliphatic rings. The van der Waals surface area contributed by atoms with Crippen molar-refractivity contribution in [1.29, 1.82) is 0 Å². The van der Waals surface area contributed by atoms with Gasteiger partial charge in [0, 0.05) is 18.3 Å². The monoisotopic (exact) mass is 367 g/mol. The van der Waals surface area contributed by atoms with Gasteiger partial charge in [0.2, 0.25) is 17.7 Å². The standard InChI is InChI=1S/C21H25N3O3/c25-19(24-12-11-14-5-1-4-8-18(14)24)13-22-20(26)16-6-2-3-7-17(16)21(27)23-15-9-10-15/h1-5,8,15-17H,6-7,9-13H2,(H,22,26)(H,23,27)/t16-,17-/m0/s1. The molecule has 0 unspecified atom stereocenters. The number of fused-ring (bicyclic) bond motifs is 1. The number of hydrogen-bond donors (Lipinski definition) is 2. The first-order chi connectivity index (χ1) is 13.1. The first-order valence-corrected chi connectivity index (χ1v) is 9.75. The van der Waals surface area contributed by atoms with E-state index < -0.39 is 5.92 Å². The molecule has 3 amide bonds. The van der Waals surface area contributed by atoms with Crippen molar-refractivity contribution in [3.8, 4) is 0 Å². The van der Waals surface area contributed by atoms with E-state index in [1.54, 1.807) is 4.90 Å². The number of nitrogens with one attached hydrogen (secondary N) is 2. The fraction of sp³-hybridized carbons (Fsp3) is 0.476. The summed E-state index contributed by atoms with van der Waals surface area (Å²) < 4.78 is 0. The van der Waals surface area contributed by atoms with Crippen molar-refractivity contribution in [2.75, 3.05) is 18.0 Å². The lowest BCUT2D eigenvalue weighted by Crippen LogP contribution is -2.46. The molecule has 1 fully saturated rings. The van der Waals surface area contributed by atoms with E-state index in [1.165, 1.54) is 0 Å². The predicted octanol–water partition coefficient (Wildman–Crippen LogP) is 1.55. The van der Waals surface area contributed by atoms with Gasteiger partial charge in [0.15, 0.2) is 0 Å². The molecule has 0 spiro atoms. The summed E-state index contributed by atoms with van der Waals surface area (Å²) in [7, 11) is 0. The Bertz CT molecular complexity index is 785. The number of para-hydroxylation sites is 1. The lowest BCUT2D eigenvalue weighted by atomic mass is 9.81. The molecule has 2 N–H and O–H groups in total. The Morgan fingerprint density at radius 1 is 1.00 bits per heavy atom. The van der Waals surface area contributed by atoms with E-state index in [4.69, 9.17) is 0 Å². The van der Waals surface area contributed by atoms with Gasteiger partial charge in [0.1, 0.15) is 0 Å². The second-order valence-electron chi connectivity index (χ2n) is 7.58. The Balaban J connectivity index is 1.34. The van der Waals surface area contributed by atoms with Crippen LogP contribution >= 0.6 is 0 Å². The molecule has 0 saturated heterocycles. The molecule has 2 atom stereocenters. The van der Waals surface area contributed by atoms with Crippen LogP contribution in [0, 0.1) is 11.8 Å². The number of benzene rings is 1. The van der Waals surface area contributed by atoms with Gasteiger partial charge in [-0.2, -0.15) is 0 Å². The quantitative estimate of drug-likeness (QED) is 0.775. The molecule has 2 aliphatic carbocycles. The predicted molar refractivity (Wildman–Crippen MR) is 102 cm³/mol. The summed E-state index contributed by atoms with van der Waals surface area (Å²) in [5.74, 6) is -1.12. The fourth-order valence-corrected chi connectivity index (χ4v) is 3.92. The van der Waals surface area contributed by atoms with Gasteiger partial charge in [0.05, 0.1) is 18.4 Å². The van der Waals surface area contributed by atoms with E-state index in [0.717, 1.165) is 30.5 Å². The van der Waals surface area contributed by atoms with Gasteiger partial charge in [0.25, 0.3) is 0 Å². The molecule has 6 nitrogen and oxygen atoms in total. The SMILES string of the molecule is O=C(NCC(=O)N1CCc2ccccc21)[C@H]1CC=CC[C@@H]1C(=O)NC1CC1. The third-order valence-corrected chi connectivity index (χ3v) is 5.63. The van der Waals surface area contributed by atoms with Crippen molar-refractivity contribution in [2.24, 2.45) is 11.8 Å². The van der Waals surface area contributed by atoms with Crippen LogP contribution in [0.1, 0.15) is 31.2 Å². The second kappa shape index (κ2) is 7.55. The third kappa shape index (κ3) is 3.89. The van der Waals surface area contributed by atoms with E-state index >= 15 is 0 Å². The highest BCUT2D eigenvalue weighted by Gasteiger charge is 2.36. The van der Waals surface area contributed by atoms with E-state index in [0.29, 0.717) is 19.4 Å². The Morgan fingerprint density at radius 2 is 1.70 bits per heavy atom. The van der Waals surface area contributed by atoms with Crippen molar-refractivity contribution in [1.82, 2.24) is 10.6 Å². The zero-order valence-electron chi connectivity index (χ0n) is 15.3. The average molecular weight is 367 g/mol. The van der Waals surface area contributed by atoms with E-state index in [1.807, 2.05) is 36.4 Å². The van der Waals surface area contributed by atoms with Crippen LogP contribution in [-0.2, 0) is 20.8 Å². The Hall–Kier alpha value is -2.63. The molecule has 4 rings (SSSR count). The second-order valence-corrected chi connectivity index (χ2v) is 7.58.